The van der Waals surface area contributed by atoms with Crippen LogP contribution in [0.1, 0.15) is 20.3 Å². The molecule has 88 valence electrons. The Bertz CT molecular complexity index is 362. The topological polar surface area (TPSA) is 115 Å². The molecule has 0 aliphatic rings. The average molecular weight is 253 g/mol. The van der Waals surface area contributed by atoms with Gasteiger partial charge in [0.05, 0.1) is 4.99 Å². The van der Waals surface area contributed by atoms with Gasteiger partial charge < -0.3 is 11.5 Å². The van der Waals surface area contributed by atoms with Gasteiger partial charge in [-0.1, -0.05) is 12.2 Å². The first-order valence-corrected chi connectivity index (χ1v) is 6.18. The third-order valence-electron chi connectivity index (χ3n) is 1.38. The number of sulfonamides is 1. The molecule has 0 atom stereocenters. The maximum absolute atomic E-state index is 11.4. The highest BCUT2D eigenvalue weighted by Gasteiger charge is 2.26. The molecule has 0 spiro atoms. The molecule has 0 aromatic rings. The normalized spacial score (nSPS) is 12.4. The average Bonchev–Trinajstić information content (AvgIpc) is 1.73. The lowest BCUT2D eigenvalue weighted by atomic mass is 10.0. The Morgan fingerprint density at radius 1 is 1.40 bits per heavy atom. The third kappa shape index (κ3) is 7.23. The standard InChI is InChI=1S/C7H15N3O3S2/c1-7(2,3-5(8)11)10-15(12,13)4-6(9)14/h10H,3-4H2,1-2H3,(H2,8,11)(H2,9,14). The summed E-state index contributed by atoms with van der Waals surface area (Å²) in [7, 11) is -3.61. The Morgan fingerprint density at radius 2 is 1.87 bits per heavy atom. The van der Waals surface area contributed by atoms with E-state index < -0.39 is 27.2 Å². The second-order valence-electron chi connectivity index (χ2n) is 3.85. The van der Waals surface area contributed by atoms with Crippen molar-refractivity contribution < 1.29 is 13.2 Å². The molecule has 0 aromatic carbocycles. The minimum atomic E-state index is -3.61. The van der Waals surface area contributed by atoms with Crippen LogP contribution in [0.3, 0.4) is 0 Å². The monoisotopic (exact) mass is 253 g/mol. The highest BCUT2D eigenvalue weighted by Crippen LogP contribution is 2.09. The van der Waals surface area contributed by atoms with Gasteiger partial charge in [0, 0.05) is 12.0 Å². The summed E-state index contributed by atoms with van der Waals surface area (Å²) in [5.74, 6) is -1.03. The van der Waals surface area contributed by atoms with E-state index in [9.17, 15) is 13.2 Å². The lowest BCUT2D eigenvalue weighted by Crippen LogP contribution is -2.48. The first kappa shape index (κ1) is 14.3. The van der Waals surface area contributed by atoms with E-state index in [4.69, 9.17) is 11.5 Å². The van der Waals surface area contributed by atoms with E-state index >= 15 is 0 Å². The molecule has 0 radical (unpaired) electrons. The maximum Gasteiger partial charge on any atom is 0.219 e. The number of thiocarbonyl (C=S) groups is 1. The molecule has 0 aliphatic heterocycles. The van der Waals surface area contributed by atoms with E-state index in [1.807, 2.05) is 0 Å². The molecule has 0 unspecified atom stereocenters. The molecule has 8 heteroatoms. The van der Waals surface area contributed by atoms with Crippen LogP contribution in [-0.2, 0) is 14.8 Å². The molecule has 0 fully saturated rings. The molecule has 0 saturated carbocycles. The highest BCUT2D eigenvalue weighted by atomic mass is 32.2. The van der Waals surface area contributed by atoms with Crippen molar-refractivity contribution in [1.29, 1.82) is 0 Å². The number of carbonyl (C=O) groups is 1. The van der Waals surface area contributed by atoms with Crippen molar-refractivity contribution in [3.05, 3.63) is 0 Å². The van der Waals surface area contributed by atoms with Crippen molar-refractivity contribution in [3.8, 4) is 0 Å². The lowest BCUT2D eigenvalue weighted by Gasteiger charge is -2.24. The summed E-state index contributed by atoms with van der Waals surface area (Å²) < 4.78 is 25.1. The molecule has 0 bridgehead atoms. The van der Waals surface area contributed by atoms with E-state index in [1.54, 1.807) is 13.8 Å². The van der Waals surface area contributed by atoms with Crippen LogP contribution in [0.15, 0.2) is 0 Å². The van der Waals surface area contributed by atoms with Crippen LogP contribution in [0.4, 0.5) is 0 Å². The Kier molecular flexibility index (Phi) is 4.63. The minimum absolute atomic E-state index is 0.0937. The summed E-state index contributed by atoms with van der Waals surface area (Å²) in [5, 5.41) is 0. The smallest absolute Gasteiger partial charge is 0.219 e. The molecule has 1 amide bonds. The summed E-state index contributed by atoms with van der Waals surface area (Å²) in [4.78, 5) is 10.5. The number of amides is 1. The van der Waals surface area contributed by atoms with Gasteiger partial charge in [-0.05, 0) is 13.8 Å². The van der Waals surface area contributed by atoms with E-state index in [2.05, 4.69) is 16.9 Å². The van der Waals surface area contributed by atoms with Gasteiger partial charge in [0.25, 0.3) is 0 Å². The number of primary amides is 1. The molecule has 0 saturated heterocycles. The lowest BCUT2D eigenvalue weighted by molar-refractivity contribution is -0.119. The molecule has 15 heavy (non-hydrogen) atoms. The molecule has 6 nitrogen and oxygen atoms in total. The number of rotatable bonds is 6. The van der Waals surface area contributed by atoms with Gasteiger partial charge in [-0.25, -0.2) is 13.1 Å². The SMILES string of the molecule is CC(C)(CC(N)=O)NS(=O)(=O)CC(N)=S. The van der Waals surface area contributed by atoms with Crippen molar-refractivity contribution in [2.75, 3.05) is 5.75 Å². The zero-order valence-corrected chi connectivity index (χ0v) is 10.2. The van der Waals surface area contributed by atoms with E-state index in [0.29, 0.717) is 0 Å². The molecule has 0 aromatic heterocycles. The number of hydrogen-bond acceptors (Lipinski definition) is 4. The van der Waals surface area contributed by atoms with E-state index in [-0.39, 0.29) is 11.4 Å². The van der Waals surface area contributed by atoms with Gasteiger partial charge in [-0.15, -0.1) is 0 Å². The Morgan fingerprint density at radius 3 is 2.20 bits per heavy atom. The first-order chi connectivity index (χ1) is 6.54. The fourth-order valence-corrected chi connectivity index (χ4v) is 2.94. The molecule has 0 heterocycles. The van der Waals surface area contributed by atoms with Gasteiger partial charge in [-0.3, -0.25) is 4.79 Å². The molecular formula is C7H15N3O3S2. The largest absolute Gasteiger partial charge is 0.392 e. The predicted octanol–water partition coefficient (Wildman–Crippen LogP) is -1.15. The molecule has 0 rings (SSSR count). The van der Waals surface area contributed by atoms with Gasteiger partial charge in [0.15, 0.2) is 0 Å². The van der Waals surface area contributed by atoms with Gasteiger partial charge in [0.1, 0.15) is 5.75 Å². The Hall–Kier alpha value is -0.730. The van der Waals surface area contributed by atoms with Gasteiger partial charge in [0.2, 0.25) is 15.9 Å². The molecule has 5 N–H and O–H groups in total. The number of nitrogens with one attached hydrogen (secondary N) is 1. The number of carbonyl (C=O) groups excluding carboxylic acids is 1. The summed E-state index contributed by atoms with van der Waals surface area (Å²) in [6.45, 7) is 3.10. The number of hydrogen-bond donors (Lipinski definition) is 3. The summed E-state index contributed by atoms with van der Waals surface area (Å²) >= 11 is 4.49. The van der Waals surface area contributed by atoms with Crippen LogP contribution in [0.5, 0.6) is 0 Å². The summed E-state index contributed by atoms with van der Waals surface area (Å²) in [5.41, 5.74) is 9.16. The quantitative estimate of drug-likeness (QED) is 0.517. The van der Waals surface area contributed by atoms with Crippen LogP contribution in [0.2, 0.25) is 0 Å². The zero-order valence-electron chi connectivity index (χ0n) is 8.61. The minimum Gasteiger partial charge on any atom is -0.392 e. The molecule has 0 aliphatic carbocycles. The maximum atomic E-state index is 11.4. The third-order valence-corrected chi connectivity index (χ3v) is 3.26. The van der Waals surface area contributed by atoms with E-state index in [1.165, 1.54) is 0 Å². The molecular weight excluding hydrogens is 238 g/mol. The first-order valence-electron chi connectivity index (χ1n) is 4.12. The van der Waals surface area contributed by atoms with Gasteiger partial charge in [-0.2, -0.15) is 0 Å². The van der Waals surface area contributed by atoms with Crippen LogP contribution >= 0.6 is 12.2 Å². The highest BCUT2D eigenvalue weighted by molar-refractivity contribution is 7.92. The summed E-state index contributed by atoms with van der Waals surface area (Å²) in [6, 6.07) is 0. The van der Waals surface area contributed by atoms with Crippen LogP contribution in [-0.4, -0.2) is 30.6 Å². The van der Waals surface area contributed by atoms with Crippen molar-refractivity contribution in [2.24, 2.45) is 11.5 Å². The Balaban J connectivity index is 4.57. The predicted molar refractivity (Wildman–Crippen MR) is 61.6 cm³/mol. The second-order valence-corrected chi connectivity index (χ2v) is 6.10. The van der Waals surface area contributed by atoms with Crippen molar-refractivity contribution in [2.45, 2.75) is 25.8 Å². The van der Waals surface area contributed by atoms with Crippen molar-refractivity contribution in [1.82, 2.24) is 4.72 Å². The fourth-order valence-electron chi connectivity index (χ4n) is 1.12. The van der Waals surface area contributed by atoms with Crippen molar-refractivity contribution in [3.63, 3.8) is 0 Å². The Labute approximate surface area is 94.4 Å². The fraction of sp³-hybridized carbons (Fsp3) is 0.714. The number of nitrogens with two attached hydrogens (primary N) is 2. The summed E-state index contributed by atoms with van der Waals surface area (Å²) in [6.07, 6.45) is -0.0937. The second kappa shape index (κ2) is 4.86. The van der Waals surface area contributed by atoms with Crippen molar-refractivity contribution >= 4 is 33.1 Å². The van der Waals surface area contributed by atoms with Crippen LogP contribution < -0.4 is 16.2 Å². The zero-order chi connectivity index (χ0) is 12.3. The van der Waals surface area contributed by atoms with Crippen LogP contribution in [0.25, 0.3) is 0 Å². The van der Waals surface area contributed by atoms with Crippen LogP contribution in [0, 0.1) is 0 Å². The van der Waals surface area contributed by atoms with Gasteiger partial charge >= 0.3 is 0 Å². The van der Waals surface area contributed by atoms with E-state index in [0.717, 1.165) is 0 Å².